The number of rotatable bonds is 5. The van der Waals surface area contributed by atoms with Gasteiger partial charge < -0.3 is 10.2 Å². The normalized spacial score (nSPS) is 10.2. The molecule has 120 valence electrons. The van der Waals surface area contributed by atoms with Crippen LogP contribution < -0.4 is 10.2 Å². The van der Waals surface area contributed by atoms with Crippen LogP contribution in [0.25, 0.3) is 0 Å². The predicted molar refractivity (Wildman–Crippen MR) is 91.8 cm³/mol. The lowest BCUT2D eigenvalue weighted by atomic mass is 10.2. The Morgan fingerprint density at radius 1 is 1.09 bits per heavy atom. The first kappa shape index (κ1) is 17.1. The molecule has 0 aliphatic heterocycles. The zero-order valence-electron chi connectivity index (χ0n) is 12.6. The van der Waals surface area contributed by atoms with Gasteiger partial charge in [-0.2, -0.15) is 0 Å². The zero-order chi connectivity index (χ0) is 16.8. The molecule has 23 heavy (non-hydrogen) atoms. The number of hydrogen-bond acceptors (Lipinski definition) is 2. The molecule has 0 bridgehead atoms. The molecular formula is C17H16BrFN2O2. The third-order valence-corrected chi connectivity index (χ3v) is 3.74. The van der Waals surface area contributed by atoms with E-state index in [0.29, 0.717) is 5.69 Å². The molecule has 4 nitrogen and oxygen atoms in total. The maximum atomic E-state index is 12.8. The monoisotopic (exact) mass is 378 g/mol. The fourth-order valence-electron chi connectivity index (χ4n) is 2.06. The van der Waals surface area contributed by atoms with E-state index in [0.717, 1.165) is 10.2 Å². The van der Waals surface area contributed by atoms with Gasteiger partial charge in [-0.1, -0.05) is 15.9 Å². The van der Waals surface area contributed by atoms with Crippen molar-refractivity contribution >= 4 is 39.1 Å². The van der Waals surface area contributed by atoms with Gasteiger partial charge in [0.1, 0.15) is 5.82 Å². The molecule has 0 saturated heterocycles. The summed E-state index contributed by atoms with van der Waals surface area (Å²) < 4.78 is 13.7. The Morgan fingerprint density at radius 3 is 2.26 bits per heavy atom. The predicted octanol–water partition coefficient (Wildman–Crippen LogP) is 3.97. The van der Waals surface area contributed by atoms with Crippen LogP contribution in [-0.4, -0.2) is 18.4 Å². The number of halogens is 2. The Morgan fingerprint density at radius 2 is 1.70 bits per heavy atom. The van der Waals surface area contributed by atoms with E-state index in [2.05, 4.69) is 21.2 Å². The molecular weight excluding hydrogens is 363 g/mol. The number of anilines is 2. The summed E-state index contributed by atoms with van der Waals surface area (Å²) in [7, 11) is 0. The quantitative estimate of drug-likeness (QED) is 0.855. The van der Waals surface area contributed by atoms with Crippen LogP contribution in [0.4, 0.5) is 15.8 Å². The van der Waals surface area contributed by atoms with Gasteiger partial charge in [0.2, 0.25) is 11.8 Å². The van der Waals surface area contributed by atoms with Crippen molar-refractivity contribution in [2.75, 3.05) is 16.8 Å². The Hall–Kier alpha value is -2.21. The van der Waals surface area contributed by atoms with Crippen molar-refractivity contribution in [1.82, 2.24) is 0 Å². The largest absolute Gasteiger partial charge is 0.326 e. The molecule has 2 amide bonds. The van der Waals surface area contributed by atoms with Crippen molar-refractivity contribution < 1.29 is 14.0 Å². The van der Waals surface area contributed by atoms with E-state index >= 15 is 0 Å². The van der Waals surface area contributed by atoms with Crippen LogP contribution in [0, 0.1) is 5.82 Å². The van der Waals surface area contributed by atoms with E-state index in [1.54, 1.807) is 0 Å². The summed E-state index contributed by atoms with van der Waals surface area (Å²) in [6.45, 7) is 1.73. The average Bonchev–Trinajstić information content (AvgIpc) is 2.51. The summed E-state index contributed by atoms with van der Waals surface area (Å²) in [5.74, 6) is -0.733. The highest BCUT2D eigenvalue weighted by molar-refractivity contribution is 9.10. The lowest BCUT2D eigenvalue weighted by molar-refractivity contribution is -0.117. The molecule has 2 aromatic carbocycles. The van der Waals surface area contributed by atoms with Gasteiger partial charge >= 0.3 is 0 Å². The molecule has 0 radical (unpaired) electrons. The minimum atomic E-state index is -0.360. The number of carbonyl (C=O) groups excluding carboxylic acids is 2. The average molecular weight is 379 g/mol. The van der Waals surface area contributed by atoms with Crippen molar-refractivity contribution in [2.24, 2.45) is 0 Å². The van der Waals surface area contributed by atoms with E-state index in [1.165, 1.54) is 36.1 Å². The molecule has 0 aliphatic carbocycles. The standard InChI is InChI=1S/C17H16BrFN2O2/c1-12(22)21(16-8-2-13(18)3-9-16)11-10-17(23)20-15-6-4-14(19)5-7-15/h2-9H,10-11H2,1H3,(H,20,23). The number of nitrogens with one attached hydrogen (secondary N) is 1. The van der Waals surface area contributed by atoms with Gasteiger partial charge in [0.15, 0.2) is 0 Å². The van der Waals surface area contributed by atoms with Crippen LogP contribution in [0.1, 0.15) is 13.3 Å². The minimum Gasteiger partial charge on any atom is -0.326 e. The molecule has 0 aromatic heterocycles. The van der Waals surface area contributed by atoms with Crippen LogP contribution in [0.2, 0.25) is 0 Å². The molecule has 0 saturated carbocycles. The molecule has 6 heteroatoms. The smallest absolute Gasteiger partial charge is 0.226 e. The van der Waals surface area contributed by atoms with Crippen LogP contribution in [0.3, 0.4) is 0 Å². The Labute approximate surface area is 142 Å². The van der Waals surface area contributed by atoms with Crippen molar-refractivity contribution in [2.45, 2.75) is 13.3 Å². The van der Waals surface area contributed by atoms with Gasteiger partial charge in [-0.15, -0.1) is 0 Å². The lowest BCUT2D eigenvalue weighted by Gasteiger charge is -2.21. The third kappa shape index (κ3) is 5.17. The maximum absolute atomic E-state index is 12.8. The topological polar surface area (TPSA) is 49.4 Å². The summed E-state index contributed by atoms with van der Waals surface area (Å²) in [5.41, 5.74) is 1.25. The first-order valence-corrected chi connectivity index (χ1v) is 7.84. The third-order valence-electron chi connectivity index (χ3n) is 3.21. The second-order valence-electron chi connectivity index (χ2n) is 4.95. The molecule has 1 N–H and O–H groups in total. The zero-order valence-corrected chi connectivity index (χ0v) is 14.1. The van der Waals surface area contributed by atoms with Crippen molar-refractivity contribution in [3.63, 3.8) is 0 Å². The number of amides is 2. The fraction of sp³-hybridized carbons (Fsp3) is 0.176. The summed E-state index contributed by atoms with van der Waals surface area (Å²) in [5, 5.41) is 2.67. The molecule has 0 aliphatic rings. The van der Waals surface area contributed by atoms with Crippen LogP contribution in [0.15, 0.2) is 53.0 Å². The van der Waals surface area contributed by atoms with E-state index in [4.69, 9.17) is 0 Å². The van der Waals surface area contributed by atoms with E-state index < -0.39 is 0 Å². The van der Waals surface area contributed by atoms with Gasteiger partial charge in [-0.25, -0.2) is 4.39 Å². The summed E-state index contributed by atoms with van der Waals surface area (Å²) >= 11 is 3.34. The second-order valence-corrected chi connectivity index (χ2v) is 5.87. The number of nitrogens with zero attached hydrogens (tertiary/aromatic N) is 1. The highest BCUT2D eigenvalue weighted by atomic mass is 79.9. The van der Waals surface area contributed by atoms with Crippen molar-refractivity contribution in [1.29, 1.82) is 0 Å². The van der Waals surface area contributed by atoms with Gasteiger partial charge in [0, 0.05) is 35.7 Å². The fourth-order valence-corrected chi connectivity index (χ4v) is 2.32. The van der Waals surface area contributed by atoms with Crippen LogP contribution in [0.5, 0.6) is 0 Å². The maximum Gasteiger partial charge on any atom is 0.226 e. The van der Waals surface area contributed by atoms with Crippen LogP contribution in [-0.2, 0) is 9.59 Å². The SMILES string of the molecule is CC(=O)N(CCC(=O)Nc1ccc(F)cc1)c1ccc(Br)cc1. The van der Waals surface area contributed by atoms with Crippen LogP contribution >= 0.6 is 15.9 Å². The Bertz CT molecular complexity index is 687. The highest BCUT2D eigenvalue weighted by Gasteiger charge is 2.13. The summed E-state index contributed by atoms with van der Waals surface area (Å²) in [4.78, 5) is 25.3. The van der Waals surface area contributed by atoms with E-state index in [-0.39, 0.29) is 30.6 Å². The number of benzene rings is 2. The minimum absolute atomic E-state index is 0.137. The highest BCUT2D eigenvalue weighted by Crippen LogP contribution is 2.19. The molecule has 0 unspecified atom stereocenters. The van der Waals surface area contributed by atoms with Gasteiger partial charge in [0.25, 0.3) is 0 Å². The molecule has 0 spiro atoms. The first-order chi connectivity index (χ1) is 11.0. The number of hydrogen-bond donors (Lipinski definition) is 1. The molecule has 0 heterocycles. The van der Waals surface area contributed by atoms with Crippen molar-refractivity contribution in [3.8, 4) is 0 Å². The van der Waals surface area contributed by atoms with E-state index in [1.807, 2.05) is 24.3 Å². The molecule has 2 aromatic rings. The van der Waals surface area contributed by atoms with Gasteiger partial charge in [-0.05, 0) is 48.5 Å². The first-order valence-electron chi connectivity index (χ1n) is 7.05. The molecule has 0 fully saturated rings. The summed E-state index contributed by atoms with van der Waals surface area (Å²) in [6, 6.07) is 12.8. The van der Waals surface area contributed by atoms with Crippen molar-refractivity contribution in [3.05, 3.63) is 58.8 Å². The Kier molecular flexibility index (Phi) is 5.87. The second kappa shape index (κ2) is 7.87. The Balaban J connectivity index is 1.95. The molecule has 2 rings (SSSR count). The van der Waals surface area contributed by atoms with Gasteiger partial charge in [-0.3, -0.25) is 9.59 Å². The summed E-state index contributed by atoms with van der Waals surface area (Å²) in [6.07, 6.45) is 0.146. The van der Waals surface area contributed by atoms with Gasteiger partial charge in [0.05, 0.1) is 0 Å². The molecule has 0 atom stereocenters. The van der Waals surface area contributed by atoms with E-state index in [9.17, 15) is 14.0 Å². The lowest BCUT2D eigenvalue weighted by Crippen LogP contribution is -2.31. The number of carbonyl (C=O) groups is 2.